The predicted octanol–water partition coefficient (Wildman–Crippen LogP) is 3.35. The van der Waals surface area contributed by atoms with Gasteiger partial charge in [-0.3, -0.25) is 0 Å². The molecule has 2 aliphatic heterocycles. The van der Waals surface area contributed by atoms with E-state index in [0.29, 0.717) is 12.0 Å². The Labute approximate surface area is 114 Å². The average Bonchev–Trinajstić information content (AvgIpc) is 2.81. The highest BCUT2D eigenvalue weighted by atomic mass is 79.9. The number of benzene rings is 1. The summed E-state index contributed by atoms with van der Waals surface area (Å²) < 4.78 is 7.20. The van der Waals surface area contributed by atoms with E-state index in [0.717, 1.165) is 22.2 Å². The van der Waals surface area contributed by atoms with Crippen LogP contribution in [0.3, 0.4) is 0 Å². The van der Waals surface area contributed by atoms with Gasteiger partial charge in [-0.05, 0) is 30.1 Å². The van der Waals surface area contributed by atoms with E-state index in [2.05, 4.69) is 22.0 Å². The molecule has 92 valence electrons. The third-order valence-electron chi connectivity index (χ3n) is 3.63. The van der Waals surface area contributed by atoms with E-state index in [1.54, 1.807) is 0 Å². The number of fused-ring (bicyclic) bond motifs is 1. The van der Waals surface area contributed by atoms with E-state index < -0.39 is 0 Å². The number of halogens is 1. The second-order valence-corrected chi connectivity index (χ2v) is 6.87. The fourth-order valence-corrected chi connectivity index (χ4v) is 4.30. The highest BCUT2D eigenvalue weighted by Crippen LogP contribution is 2.40. The van der Waals surface area contributed by atoms with E-state index >= 15 is 0 Å². The van der Waals surface area contributed by atoms with Gasteiger partial charge in [0.05, 0.1) is 0 Å². The third kappa shape index (κ3) is 2.35. The monoisotopic (exact) mass is 313 g/mol. The maximum Gasteiger partial charge on any atom is 0.125 e. The van der Waals surface area contributed by atoms with Crippen LogP contribution < -0.4 is 10.5 Å². The largest absolute Gasteiger partial charge is 0.490 e. The number of thioether (sulfide) groups is 1. The minimum Gasteiger partial charge on any atom is -0.490 e. The van der Waals surface area contributed by atoms with Crippen LogP contribution in [-0.2, 0) is 0 Å². The van der Waals surface area contributed by atoms with Gasteiger partial charge in [-0.15, -0.1) is 0 Å². The Bertz CT molecular complexity index is 420. The van der Waals surface area contributed by atoms with Gasteiger partial charge in [0.15, 0.2) is 0 Å². The van der Waals surface area contributed by atoms with Crippen LogP contribution in [0.2, 0.25) is 0 Å². The van der Waals surface area contributed by atoms with Crippen molar-refractivity contribution >= 4 is 27.7 Å². The molecule has 0 spiro atoms. The molecule has 3 atom stereocenters. The quantitative estimate of drug-likeness (QED) is 0.863. The van der Waals surface area contributed by atoms with Gasteiger partial charge in [-0.1, -0.05) is 22.0 Å². The Morgan fingerprint density at radius 1 is 1.41 bits per heavy atom. The van der Waals surface area contributed by atoms with Crippen molar-refractivity contribution in [3.05, 3.63) is 28.2 Å². The molecular weight excluding hydrogens is 298 g/mol. The summed E-state index contributed by atoms with van der Waals surface area (Å²) in [7, 11) is 0. The molecule has 2 N–H and O–H groups in total. The van der Waals surface area contributed by atoms with Crippen molar-refractivity contribution in [2.45, 2.75) is 25.0 Å². The zero-order valence-electron chi connectivity index (χ0n) is 9.56. The zero-order chi connectivity index (χ0) is 11.8. The predicted molar refractivity (Wildman–Crippen MR) is 75.5 cm³/mol. The zero-order valence-corrected chi connectivity index (χ0v) is 12.0. The van der Waals surface area contributed by atoms with Gasteiger partial charge in [0, 0.05) is 28.4 Å². The number of hydrogen-bond acceptors (Lipinski definition) is 3. The first-order valence-electron chi connectivity index (χ1n) is 6.03. The summed E-state index contributed by atoms with van der Waals surface area (Å²) in [5.41, 5.74) is 7.40. The first-order chi connectivity index (χ1) is 8.24. The number of ether oxygens (including phenoxy) is 1. The molecule has 1 aromatic carbocycles. The minimum absolute atomic E-state index is 0.127. The van der Waals surface area contributed by atoms with E-state index in [9.17, 15) is 0 Å². The summed E-state index contributed by atoms with van der Waals surface area (Å²) in [4.78, 5) is 0. The molecule has 0 bridgehead atoms. The summed E-state index contributed by atoms with van der Waals surface area (Å²) in [6, 6.07) is 6.28. The van der Waals surface area contributed by atoms with Crippen molar-refractivity contribution in [3.8, 4) is 5.75 Å². The molecule has 4 heteroatoms. The van der Waals surface area contributed by atoms with Gasteiger partial charge in [-0.2, -0.15) is 11.8 Å². The molecule has 2 unspecified atom stereocenters. The van der Waals surface area contributed by atoms with E-state index in [-0.39, 0.29) is 6.04 Å². The first kappa shape index (κ1) is 11.9. The Hall–Kier alpha value is -0.190. The lowest BCUT2D eigenvalue weighted by Gasteiger charge is -2.33. The molecule has 3 rings (SSSR count). The molecule has 0 saturated carbocycles. The van der Waals surface area contributed by atoms with Crippen LogP contribution in [0.15, 0.2) is 22.7 Å². The smallest absolute Gasteiger partial charge is 0.125 e. The Morgan fingerprint density at radius 2 is 2.29 bits per heavy atom. The van der Waals surface area contributed by atoms with Gasteiger partial charge >= 0.3 is 0 Å². The first-order valence-corrected chi connectivity index (χ1v) is 7.98. The van der Waals surface area contributed by atoms with Gasteiger partial charge in [0.2, 0.25) is 0 Å². The van der Waals surface area contributed by atoms with Crippen LogP contribution in [0.1, 0.15) is 24.4 Å². The summed E-state index contributed by atoms with van der Waals surface area (Å²) in [6.07, 6.45) is 2.53. The maximum atomic E-state index is 6.25. The number of hydrogen-bond donors (Lipinski definition) is 1. The van der Waals surface area contributed by atoms with Crippen molar-refractivity contribution in [1.29, 1.82) is 0 Å². The van der Waals surface area contributed by atoms with Gasteiger partial charge in [0.1, 0.15) is 11.9 Å². The topological polar surface area (TPSA) is 35.2 Å². The van der Waals surface area contributed by atoms with Gasteiger partial charge in [0.25, 0.3) is 0 Å². The van der Waals surface area contributed by atoms with Crippen LogP contribution in [-0.4, -0.2) is 17.6 Å². The van der Waals surface area contributed by atoms with Crippen LogP contribution in [0.25, 0.3) is 0 Å². The SMILES string of the molecule is N[C@H]1CC(C2CCSC2)Oc2cc(Br)ccc21. The number of nitrogens with two attached hydrogens (primary N) is 1. The molecule has 1 saturated heterocycles. The molecule has 0 aliphatic carbocycles. The second-order valence-electron chi connectivity index (χ2n) is 4.80. The van der Waals surface area contributed by atoms with Crippen LogP contribution in [0.4, 0.5) is 0 Å². The Balaban J connectivity index is 1.85. The van der Waals surface area contributed by atoms with Crippen molar-refractivity contribution in [2.75, 3.05) is 11.5 Å². The summed E-state index contributed by atoms with van der Waals surface area (Å²) in [5.74, 6) is 4.14. The third-order valence-corrected chi connectivity index (χ3v) is 5.31. The summed E-state index contributed by atoms with van der Waals surface area (Å²) >= 11 is 5.52. The molecule has 0 radical (unpaired) electrons. The second kappa shape index (κ2) is 4.82. The summed E-state index contributed by atoms with van der Waals surface area (Å²) in [5, 5.41) is 0. The molecule has 2 heterocycles. The standard InChI is InChI=1S/C13H16BrNOS/c14-9-1-2-10-11(15)6-12(16-13(10)5-9)8-3-4-17-7-8/h1-2,5,8,11-12H,3-4,6-7,15H2/t8?,11-,12?/m0/s1. The van der Waals surface area contributed by atoms with Gasteiger partial charge < -0.3 is 10.5 Å². The lowest BCUT2D eigenvalue weighted by molar-refractivity contribution is 0.110. The molecule has 1 fully saturated rings. The lowest BCUT2D eigenvalue weighted by atomic mass is 9.90. The highest BCUT2D eigenvalue weighted by Gasteiger charge is 2.33. The van der Waals surface area contributed by atoms with Crippen molar-refractivity contribution in [3.63, 3.8) is 0 Å². The van der Waals surface area contributed by atoms with Crippen LogP contribution in [0, 0.1) is 5.92 Å². The fraction of sp³-hybridized carbons (Fsp3) is 0.538. The summed E-state index contributed by atoms with van der Waals surface area (Å²) in [6.45, 7) is 0. The molecule has 2 nitrogen and oxygen atoms in total. The van der Waals surface area contributed by atoms with Crippen LogP contribution in [0.5, 0.6) is 5.75 Å². The van der Waals surface area contributed by atoms with E-state index in [1.165, 1.54) is 17.9 Å². The van der Waals surface area contributed by atoms with E-state index in [1.807, 2.05) is 23.9 Å². The van der Waals surface area contributed by atoms with Crippen molar-refractivity contribution in [1.82, 2.24) is 0 Å². The maximum absolute atomic E-state index is 6.25. The molecule has 1 aromatic rings. The molecule has 0 amide bonds. The molecule has 17 heavy (non-hydrogen) atoms. The average molecular weight is 314 g/mol. The van der Waals surface area contributed by atoms with Crippen LogP contribution >= 0.6 is 27.7 Å². The van der Waals surface area contributed by atoms with Crippen molar-refractivity contribution < 1.29 is 4.74 Å². The Morgan fingerprint density at radius 3 is 3.06 bits per heavy atom. The molecule has 2 aliphatic rings. The minimum atomic E-state index is 0.127. The van der Waals surface area contributed by atoms with Gasteiger partial charge in [-0.25, -0.2) is 0 Å². The van der Waals surface area contributed by atoms with E-state index in [4.69, 9.17) is 10.5 Å². The molecule has 0 aromatic heterocycles. The highest BCUT2D eigenvalue weighted by molar-refractivity contribution is 9.10. The Kier molecular flexibility index (Phi) is 3.37. The number of rotatable bonds is 1. The van der Waals surface area contributed by atoms with Crippen molar-refractivity contribution in [2.24, 2.45) is 11.7 Å². The molecular formula is C13H16BrNOS. The fourth-order valence-electron chi connectivity index (χ4n) is 2.64. The lowest BCUT2D eigenvalue weighted by Crippen LogP contribution is -2.35. The normalized spacial score (nSPS) is 32.0.